The monoisotopic (exact) mass is 445 g/mol. The van der Waals surface area contributed by atoms with Crippen molar-refractivity contribution in [3.8, 4) is 0 Å². The lowest BCUT2D eigenvalue weighted by atomic mass is 10.1. The highest BCUT2D eigenvalue weighted by molar-refractivity contribution is 6.34. The van der Waals surface area contributed by atoms with Gasteiger partial charge in [0, 0.05) is 5.02 Å². The van der Waals surface area contributed by atoms with Crippen LogP contribution in [0.3, 0.4) is 0 Å². The third-order valence-corrected chi connectivity index (χ3v) is 5.70. The Morgan fingerprint density at radius 3 is 2.53 bits per heavy atom. The summed E-state index contributed by atoms with van der Waals surface area (Å²) in [6.07, 6.45) is 0. The van der Waals surface area contributed by atoms with Crippen LogP contribution in [-0.2, 0) is 14.4 Å². The first-order valence-electron chi connectivity index (χ1n) is 9.13. The average molecular weight is 446 g/mol. The van der Waals surface area contributed by atoms with Crippen molar-refractivity contribution < 1.29 is 14.4 Å². The van der Waals surface area contributed by atoms with Gasteiger partial charge in [-0.05, 0) is 49.2 Å². The summed E-state index contributed by atoms with van der Waals surface area (Å²) in [4.78, 5) is 39.3. The second-order valence-corrected chi connectivity index (χ2v) is 7.98. The van der Waals surface area contributed by atoms with Crippen LogP contribution in [0.2, 0.25) is 10.0 Å². The molecule has 1 saturated heterocycles. The summed E-state index contributed by atoms with van der Waals surface area (Å²) in [5.41, 5.74) is 2.60. The predicted octanol–water partition coefficient (Wildman–Crippen LogP) is 3.54. The highest BCUT2D eigenvalue weighted by Gasteiger charge is 2.55. The largest absolute Gasteiger partial charge is 0.323 e. The molecule has 2 aliphatic heterocycles. The van der Waals surface area contributed by atoms with E-state index in [1.54, 1.807) is 30.3 Å². The van der Waals surface area contributed by atoms with Crippen molar-refractivity contribution in [2.75, 3.05) is 16.8 Å². The zero-order chi connectivity index (χ0) is 21.6. The molecule has 1 N–H and O–H groups in total. The van der Waals surface area contributed by atoms with E-state index in [4.69, 9.17) is 23.2 Å². The normalized spacial score (nSPS) is 20.1. The molecule has 0 spiro atoms. The van der Waals surface area contributed by atoms with Gasteiger partial charge in [-0.2, -0.15) is 5.11 Å². The van der Waals surface area contributed by atoms with E-state index in [0.29, 0.717) is 21.4 Å². The fourth-order valence-electron chi connectivity index (χ4n) is 3.39. The molecule has 3 amide bonds. The number of amides is 3. The predicted molar refractivity (Wildman–Crippen MR) is 113 cm³/mol. The Balaban J connectivity index is 1.50. The first-order chi connectivity index (χ1) is 14.3. The zero-order valence-electron chi connectivity index (χ0n) is 16.1. The average Bonchev–Trinajstić information content (AvgIpc) is 3.20. The summed E-state index contributed by atoms with van der Waals surface area (Å²) < 4.78 is 0. The van der Waals surface area contributed by atoms with Crippen molar-refractivity contribution in [3.63, 3.8) is 0 Å². The highest BCUT2D eigenvalue weighted by Crippen LogP contribution is 2.33. The van der Waals surface area contributed by atoms with Crippen LogP contribution in [0.15, 0.2) is 46.7 Å². The van der Waals surface area contributed by atoms with Crippen molar-refractivity contribution in [2.24, 2.45) is 10.3 Å². The van der Waals surface area contributed by atoms with E-state index < -0.39 is 29.8 Å². The Kier molecular flexibility index (Phi) is 5.21. The van der Waals surface area contributed by atoms with Gasteiger partial charge in [-0.25, -0.2) is 4.90 Å². The second kappa shape index (κ2) is 7.70. The van der Waals surface area contributed by atoms with Crippen molar-refractivity contribution in [2.45, 2.75) is 25.9 Å². The maximum Gasteiger partial charge on any atom is 0.263 e. The Morgan fingerprint density at radius 2 is 1.83 bits per heavy atom. The molecule has 0 bridgehead atoms. The van der Waals surface area contributed by atoms with Crippen LogP contribution in [0.5, 0.6) is 0 Å². The maximum absolute atomic E-state index is 13.0. The third kappa shape index (κ3) is 3.53. The van der Waals surface area contributed by atoms with E-state index in [2.05, 4.69) is 15.7 Å². The first-order valence-corrected chi connectivity index (χ1v) is 9.89. The van der Waals surface area contributed by atoms with Crippen molar-refractivity contribution in [3.05, 3.63) is 57.6 Å². The molecule has 154 valence electrons. The van der Waals surface area contributed by atoms with Crippen molar-refractivity contribution >= 4 is 52.3 Å². The topological polar surface area (TPSA) is 94.4 Å². The molecule has 1 fully saturated rings. The Morgan fingerprint density at radius 1 is 1.07 bits per heavy atom. The minimum absolute atomic E-state index is 0.254. The standard InChI is InChI=1S/C20H17Cl2N5O3/c1-10-3-6-15(14(22)7-10)23-16(28)9-26-18-17(24-25-26)19(29)27(20(18)30)12-5-4-11(2)13(21)8-12/h3-8,17-18H,9H2,1-2H3,(H,23,28). The Bertz CT molecular complexity index is 1100. The number of anilines is 2. The minimum atomic E-state index is -0.992. The number of carbonyl (C=O) groups excluding carboxylic acids is 3. The quantitative estimate of drug-likeness (QED) is 0.727. The van der Waals surface area contributed by atoms with Gasteiger partial charge in [0.1, 0.15) is 6.54 Å². The van der Waals surface area contributed by atoms with E-state index in [0.717, 1.165) is 16.0 Å². The van der Waals surface area contributed by atoms with Crippen molar-refractivity contribution in [1.29, 1.82) is 0 Å². The lowest BCUT2D eigenvalue weighted by Gasteiger charge is -2.20. The fraction of sp³-hybridized carbons (Fsp3) is 0.250. The molecule has 2 aromatic carbocycles. The molecule has 2 heterocycles. The van der Waals surface area contributed by atoms with Gasteiger partial charge in [-0.1, -0.05) is 40.6 Å². The number of halogens is 2. The number of fused-ring (bicyclic) bond motifs is 1. The van der Waals surface area contributed by atoms with Crippen LogP contribution in [0.4, 0.5) is 11.4 Å². The molecular weight excluding hydrogens is 429 g/mol. The molecule has 4 rings (SSSR count). The minimum Gasteiger partial charge on any atom is -0.323 e. The van der Waals surface area contributed by atoms with Crippen LogP contribution in [0.25, 0.3) is 0 Å². The van der Waals surface area contributed by atoms with Crippen molar-refractivity contribution in [1.82, 2.24) is 5.01 Å². The fourth-order valence-corrected chi connectivity index (χ4v) is 3.84. The smallest absolute Gasteiger partial charge is 0.263 e. The molecule has 2 aromatic rings. The number of nitrogens with one attached hydrogen (secondary N) is 1. The summed E-state index contributed by atoms with van der Waals surface area (Å²) in [6.45, 7) is 3.46. The Hall–Kier alpha value is -2.97. The SMILES string of the molecule is Cc1ccc(NC(=O)CN2N=NC3C(=O)N(c4ccc(C)c(Cl)c4)C(=O)C32)c(Cl)c1. The number of nitrogens with zero attached hydrogens (tertiary/aromatic N) is 4. The molecule has 0 radical (unpaired) electrons. The third-order valence-electron chi connectivity index (χ3n) is 4.98. The molecule has 2 atom stereocenters. The summed E-state index contributed by atoms with van der Waals surface area (Å²) in [6, 6.07) is 8.20. The van der Waals surface area contributed by atoms with Gasteiger partial charge in [-0.3, -0.25) is 19.4 Å². The first kappa shape index (κ1) is 20.3. The van der Waals surface area contributed by atoms with Gasteiger partial charge >= 0.3 is 0 Å². The van der Waals surface area contributed by atoms with E-state index in [1.807, 2.05) is 19.9 Å². The number of carbonyl (C=O) groups is 3. The molecule has 30 heavy (non-hydrogen) atoms. The van der Waals surface area contributed by atoms with Crippen LogP contribution in [0, 0.1) is 13.8 Å². The molecular formula is C20H17Cl2N5O3. The van der Waals surface area contributed by atoms with Crippen LogP contribution >= 0.6 is 23.2 Å². The van der Waals surface area contributed by atoms with Crippen LogP contribution in [-0.4, -0.2) is 41.4 Å². The summed E-state index contributed by atoms with van der Waals surface area (Å²) in [7, 11) is 0. The van der Waals surface area contributed by atoms with Crippen LogP contribution < -0.4 is 10.2 Å². The number of aryl methyl sites for hydroxylation is 2. The molecule has 0 aliphatic carbocycles. The maximum atomic E-state index is 13.0. The Labute approximate surface area is 182 Å². The lowest BCUT2D eigenvalue weighted by molar-refractivity contribution is -0.123. The number of benzene rings is 2. The lowest BCUT2D eigenvalue weighted by Crippen LogP contribution is -2.43. The van der Waals surface area contributed by atoms with E-state index in [1.165, 1.54) is 5.01 Å². The summed E-state index contributed by atoms with van der Waals surface area (Å²) in [5.74, 6) is -1.44. The summed E-state index contributed by atoms with van der Waals surface area (Å²) in [5, 5.41) is 12.5. The van der Waals surface area contributed by atoms with E-state index in [-0.39, 0.29) is 6.54 Å². The van der Waals surface area contributed by atoms with Gasteiger partial charge < -0.3 is 5.32 Å². The van der Waals surface area contributed by atoms with Gasteiger partial charge in [0.15, 0.2) is 12.1 Å². The van der Waals surface area contributed by atoms with Gasteiger partial charge in [0.25, 0.3) is 11.8 Å². The molecule has 0 aromatic heterocycles. The zero-order valence-corrected chi connectivity index (χ0v) is 17.6. The molecule has 8 nitrogen and oxygen atoms in total. The molecule has 2 unspecified atom stereocenters. The summed E-state index contributed by atoms with van der Waals surface area (Å²) >= 11 is 12.3. The van der Waals surface area contributed by atoms with Gasteiger partial charge in [0.2, 0.25) is 5.91 Å². The van der Waals surface area contributed by atoms with Gasteiger partial charge in [0.05, 0.1) is 16.4 Å². The van der Waals surface area contributed by atoms with Crippen LogP contribution in [0.1, 0.15) is 11.1 Å². The second-order valence-electron chi connectivity index (χ2n) is 7.17. The highest BCUT2D eigenvalue weighted by atomic mass is 35.5. The molecule has 10 heteroatoms. The van der Waals surface area contributed by atoms with E-state index in [9.17, 15) is 14.4 Å². The number of hydrogen-bond donors (Lipinski definition) is 1. The van der Waals surface area contributed by atoms with Gasteiger partial charge in [-0.15, -0.1) is 0 Å². The number of hydrogen-bond acceptors (Lipinski definition) is 6. The number of rotatable bonds is 4. The van der Waals surface area contributed by atoms with E-state index >= 15 is 0 Å². The molecule has 0 saturated carbocycles. The molecule has 2 aliphatic rings. The number of imide groups is 1.